The van der Waals surface area contributed by atoms with Gasteiger partial charge >= 0.3 is 0 Å². The van der Waals surface area contributed by atoms with Gasteiger partial charge in [-0.25, -0.2) is 0 Å². The van der Waals surface area contributed by atoms with Crippen LogP contribution in [0, 0.1) is 6.92 Å². The molecule has 0 aromatic heterocycles. The maximum Gasteiger partial charge on any atom is 0.0872 e. The minimum Gasteiger partial charge on any atom is -0.396 e. The Balaban J connectivity index is 3.27. The van der Waals surface area contributed by atoms with E-state index in [0.29, 0.717) is 10.7 Å². The predicted molar refractivity (Wildman–Crippen MR) is 54.4 cm³/mol. The number of benzene rings is 1. The molecule has 0 aliphatic rings. The van der Waals surface area contributed by atoms with Crippen LogP contribution in [0.2, 0.25) is 5.02 Å². The first-order valence-corrected chi connectivity index (χ1v) is 4.07. The highest BCUT2D eigenvalue weighted by atomic mass is 35.5. The van der Waals surface area contributed by atoms with E-state index >= 15 is 0 Å². The van der Waals surface area contributed by atoms with Crippen molar-refractivity contribution in [3.8, 4) is 0 Å². The van der Waals surface area contributed by atoms with Gasteiger partial charge in [0.25, 0.3) is 0 Å². The monoisotopic (exact) mass is 182 g/mol. The van der Waals surface area contributed by atoms with Crippen molar-refractivity contribution < 1.29 is 0 Å². The quantitative estimate of drug-likeness (QED) is 0.526. The van der Waals surface area contributed by atoms with Crippen molar-refractivity contribution in [2.45, 2.75) is 13.8 Å². The Labute approximate surface area is 77.1 Å². The molecule has 1 aromatic carbocycles. The Bertz CT molecular complexity index is 319. The highest BCUT2D eigenvalue weighted by molar-refractivity contribution is 6.33. The zero-order valence-electron chi connectivity index (χ0n) is 7.13. The van der Waals surface area contributed by atoms with E-state index in [1.807, 2.05) is 26.0 Å². The summed E-state index contributed by atoms with van der Waals surface area (Å²) in [6.07, 6.45) is 1.70. The molecule has 0 heterocycles. The van der Waals surface area contributed by atoms with Crippen LogP contribution in [-0.4, -0.2) is 6.21 Å². The van der Waals surface area contributed by atoms with Crippen molar-refractivity contribution in [3.05, 3.63) is 22.7 Å². The molecule has 1 aromatic rings. The first kappa shape index (κ1) is 9.07. The molecule has 0 saturated carbocycles. The van der Waals surface area contributed by atoms with Crippen LogP contribution < -0.4 is 5.73 Å². The van der Waals surface area contributed by atoms with E-state index in [1.54, 1.807) is 6.21 Å². The van der Waals surface area contributed by atoms with Gasteiger partial charge < -0.3 is 5.73 Å². The second kappa shape index (κ2) is 3.59. The number of hydrogen-bond acceptors (Lipinski definition) is 2. The summed E-state index contributed by atoms with van der Waals surface area (Å²) in [7, 11) is 0. The van der Waals surface area contributed by atoms with Gasteiger partial charge in [-0.1, -0.05) is 11.6 Å². The molecular formula is C9H11ClN2. The maximum absolute atomic E-state index is 5.86. The van der Waals surface area contributed by atoms with Crippen molar-refractivity contribution in [3.63, 3.8) is 0 Å². The first-order valence-electron chi connectivity index (χ1n) is 3.69. The summed E-state index contributed by atoms with van der Waals surface area (Å²) in [5.41, 5.74) is 8.04. The number of nitrogen functional groups attached to an aromatic ring is 1. The van der Waals surface area contributed by atoms with Crippen LogP contribution in [0.3, 0.4) is 0 Å². The van der Waals surface area contributed by atoms with Crippen LogP contribution in [-0.2, 0) is 0 Å². The van der Waals surface area contributed by atoms with Crippen LogP contribution >= 0.6 is 11.6 Å². The van der Waals surface area contributed by atoms with Crippen molar-refractivity contribution in [1.82, 2.24) is 0 Å². The highest BCUT2D eigenvalue weighted by Crippen LogP contribution is 2.30. The lowest BCUT2D eigenvalue weighted by atomic mass is 10.2. The fourth-order valence-corrected chi connectivity index (χ4v) is 1.25. The average molecular weight is 183 g/mol. The number of aliphatic imine (C=N–C) groups is 1. The molecule has 0 unspecified atom stereocenters. The van der Waals surface area contributed by atoms with E-state index in [2.05, 4.69) is 4.99 Å². The van der Waals surface area contributed by atoms with Gasteiger partial charge in [0.05, 0.1) is 16.4 Å². The van der Waals surface area contributed by atoms with Crippen molar-refractivity contribution >= 4 is 29.2 Å². The third-order valence-corrected chi connectivity index (χ3v) is 1.83. The van der Waals surface area contributed by atoms with E-state index in [-0.39, 0.29) is 0 Å². The molecule has 12 heavy (non-hydrogen) atoms. The van der Waals surface area contributed by atoms with Crippen LogP contribution in [0.1, 0.15) is 12.5 Å². The lowest BCUT2D eigenvalue weighted by molar-refractivity contribution is 1.43. The third-order valence-electron chi connectivity index (χ3n) is 1.52. The molecular weight excluding hydrogens is 172 g/mol. The van der Waals surface area contributed by atoms with Gasteiger partial charge in [-0.15, -0.1) is 0 Å². The first-order chi connectivity index (χ1) is 5.65. The second-order valence-corrected chi connectivity index (χ2v) is 2.97. The molecule has 0 atom stereocenters. The Morgan fingerprint density at radius 1 is 1.50 bits per heavy atom. The molecule has 0 saturated heterocycles. The minimum atomic E-state index is 0.542. The summed E-state index contributed by atoms with van der Waals surface area (Å²) < 4.78 is 0. The van der Waals surface area contributed by atoms with Gasteiger partial charge in [0.1, 0.15) is 0 Å². The van der Waals surface area contributed by atoms with Crippen LogP contribution in [0.25, 0.3) is 0 Å². The predicted octanol–water partition coefficient (Wildman–Crippen LogP) is 2.95. The fraction of sp³-hybridized carbons (Fsp3) is 0.222. The number of hydrogen-bond donors (Lipinski definition) is 1. The van der Waals surface area contributed by atoms with Crippen LogP contribution in [0.5, 0.6) is 0 Å². The normalized spacial score (nSPS) is 10.9. The maximum atomic E-state index is 5.86. The number of anilines is 1. The van der Waals surface area contributed by atoms with E-state index in [4.69, 9.17) is 17.3 Å². The third kappa shape index (κ3) is 1.77. The van der Waals surface area contributed by atoms with Gasteiger partial charge in [0, 0.05) is 6.21 Å². The molecule has 64 valence electrons. The summed E-state index contributed by atoms with van der Waals surface area (Å²) >= 11 is 5.86. The Morgan fingerprint density at radius 2 is 2.17 bits per heavy atom. The zero-order chi connectivity index (χ0) is 9.14. The molecule has 0 bridgehead atoms. The molecule has 1 rings (SSSR count). The number of halogens is 1. The number of nitrogens with two attached hydrogens (primary N) is 1. The smallest absolute Gasteiger partial charge is 0.0872 e. The lowest BCUT2D eigenvalue weighted by Gasteiger charge is -2.03. The Morgan fingerprint density at radius 3 is 2.75 bits per heavy atom. The highest BCUT2D eigenvalue weighted by Gasteiger charge is 2.02. The Kier molecular flexibility index (Phi) is 2.71. The summed E-state index contributed by atoms with van der Waals surface area (Å²) in [5.74, 6) is 0. The summed E-state index contributed by atoms with van der Waals surface area (Å²) in [4.78, 5) is 4.09. The summed E-state index contributed by atoms with van der Waals surface area (Å²) in [6, 6.07) is 3.73. The van der Waals surface area contributed by atoms with Gasteiger partial charge in [-0.3, -0.25) is 4.99 Å². The van der Waals surface area contributed by atoms with Gasteiger partial charge in [-0.05, 0) is 31.5 Å². The number of aryl methyl sites for hydroxylation is 1. The molecule has 2 nitrogen and oxygen atoms in total. The SMILES string of the molecule is C/C=N/c1cc(C)cc(Cl)c1N. The van der Waals surface area contributed by atoms with E-state index in [0.717, 1.165) is 11.3 Å². The Hall–Kier alpha value is -1.02. The molecule has 0 fully saturated rings. The van der Waals surface area contributed by atoms with Crippen molar-refractivity contribution in [2.24, 2.45) is 4.99 Å². The molecule has 0 amide bonds. The standard InChI is InChI=1S/C9H11ClN2/c1-3-12-8-5-6(2)4-7(10)9(8)11/h3-5H,11H2,1-2H3/b12-3+. The topological polar surface area (TPSA) is 38.4 Å². The van der Waals surface area contributed by atoms with E-state index in [1.165, 1.54) is 0 Å². The van der Waals surface area contributed by atoms with Gasteiger partial charge in [0.15, 0.2) is 0 Å². The van der Waals surface area contributed by atoms with Crippen molar-refractivity contribution in [2.75, 3.05) is 5.73 Å². The van der Waals surface area contributed by atoms with Crippen LogP contribution in [0.4, 0.5) is 11.4 Å². The molecule has 0 aliphatic heterocycles. The summed E-state index contributed by atoms with van der Waals surface area (Å²) in [6.45, 7) is 3.80. The second-order valence-electron chi connectivity index (χ2n) is 2.57. The molecule has 3 heteroatoms. The van der Waals surface area contributed by atoms with Crippen LogP contribution in [0.15, 0.2) is 17.1 Å². The average Bonchev–Trinajstić information content (AvgIpc) is 2.00. The lowest BCUT2D eigenvalue weighted by Crippen LogP contribution is -1.88. The van der Waals surface area contributed by atoms with Gasteiger partial charge in [-0.2, -0.15) is 0 Å². The molecule has 0 spiro atoms. The minimum absolute atomic E-state index is 0.542. The fourth-order valence-electron chi connectivity index (χ4n) is 0.981. The largest absolute Gasteiger partial charge is 0.396 e. The van der Waals surface area contributed by atoms with E-state index < -0.39 is 0 Å². The molecule has 0 aliphatic carbocycles. The number of nitrogens with zero attached hydrogens (tertiary/aromatic N) is 1. The van der Waals surface area contributed by atoms with Gasteiger partial charge in [0.2, 0.25) is 0 Å². The van der Waals surface area contributed by atoms with E-state index in [9.17, 15) is 0 Å². The molecule has 2 N–H and O–H groups in total. The molecule has 0 radical (unpaired) electrons. The number of rotatable bonds is 1. The zero-order valence-corrected chi connectivity index (χ0v) is 7.89. The summed E-state index contributed by atoms with van der Waals surface area (Å²) in [5, 5.41) is 0.565. The van der Waals surface area contributed by atoms with Crippen molar-refractivity contribution in [1.29, 1.82) is 0 Å².